The number of hydrogen-bond donors (Lipinski definition) is 0. The van der Waals surface area contributed by atoms with Crippen molar-refractivity contribution in [2.75, 3.05) is 76.3 Å². The van der Waals surface area contributed by atoms with Crippen LogP contribution in [0.2, 0.25) is 5.02 Å². The summed E-state index contributed by atoms with van der Waals surface area (Å²) in [6.07, 6.45) is 0. The van der Waals surface area contributed by atoms with Crippen LogP contribution in [0.3, 0.4) is 0 Å². The number of nitrogens with zero attached hydrogens (tertiary/aromatic N) is 6. The lowest BCUT2D eigenvalue weighted by Gasteiger charge is -2.35. The van der Waals surface area contributed by atoms with Crippen LogP contribution in [-0.4, -0.2) is 94.3 Å². The normalized spacial score (nSPS) is 18.9. The molecule has 0 unspecified atom stereocenters. The van der Waals surface area contributed by atoms with Gasteiger partial charge in [0.2, 0.25) is 10.0 Å². The molecule has 0 spiro atoms. The van der Waals surface area contributed by atoms with Crippen molar-refractivity contribution in [3.05, 3.63) is 35.4 Å². The second-order valence-electron chi connectivity index (χ2n) is 7.73. The first-order valence-electron chi connectivity index (χ1n) is 10.2. The molecule has 2 aliphatic heterocycles. The van der Waals surface area contributed by atoms with Crippen LogP contribution in [0.5, 0.6) is 5.75 Å². The predicted molar refractivity (Wildman–Crippen MR) is 121 cm³/mol. The lowest BCUT2D eigenvalue weighted by Crippen LogP contribution is -2.49. The standard InChI is InChI=1S/C20H27ClN6O3S/c1-24-7-9-25(10-8-24)19-5-6-20(23-22-19)26-11-13-27(14-12-26)31(28,29)18-15-16(21)3-4-17(18)30-2/h3-6,15H,7-14H2,1-2H3. The van der Waals surface area contributed by atoms with Crippen LogP contribution in [0.1, 0.15) is 0 Å². The molecular formula is C20H27ClN6O3S. The van der Waals surface area contributed by atoms with Gasteiger partial charge in [-0.3, -0.25) is 0 Å². The van der Waals surface area contributed by atoms with Crippen molar-refractivity contribution in [1.29, 1.82) is 0 Å². The fraction of sp³-hybridized carbons (Fsp3) is 0.500. The van der Waals surface area contributed by atoms with Gasteiger partial charge in [0.1, 0.15) is 10.6 Å². The van der Waals surface area contributed by atoms with E-state index in [-0.39, 0.29) is 10.6 Å². The number of halogens is 1. The van der Waals surface area contributed by atoms with Crippen LogP contribution in [0.4, 0.5) is 11.6 Å². The van der Waals surface area contributed by atoms with Crippen LogP contribution in [0.15, 0.2) is 35.2 Å². The molecule has 0 N–H and O–H groups in total. The summed E-state index contributed by atoms with van der Waals surface area (Å²) in [6, 6.07) is 8.58. The fourth-order valence-electron chi connectivity index (χ4n) is 3.84. The molecular weight excluding hydrogens is 440 g/mol. The lowest BCUT2D eigenvalue weighted by molar-refractivity contribution is 0.312. The lowest BCUT2D eigenvalue weighted by atomic mass is 10.3. The number of piperazine rings is 2. The molecule has 1 aromatic carbocycles. The highest BCUT2D eigenvalue weighted by molar-refractivity contribution is 7.89. The summed E-state index contributed by atoms with van der Waals surface area (Å²) in [7, 11) is -0.140. The molecule has 2 aliphatic rings. The first kappa shape index (κ1) is 22.1. The average molecular weight is 467 g/mol. The Hall–Kier alpha value is -2.14. The Bertz CT molecular complexity index is 1000. The second-order valence-corrected chi connectivity index (χ2v) is 10.1. The van der Waals surface area contributed by atoms with Gasteiger partial charge in [0.25, 0.3) is 0 Å². The Kier molecular flexibility index (Phi) is 6.52. The molecule has 4 rings (SSSR count). The Morgan fingerprint density at radius 3 is 1.94 bits per heavy atom. The third kappa shape index (κ3) is 4.72. The maximum absolute atomic E-state index is 13.1. The summed E-state index contributed by atoms with van der Waals surface area (Å²) < 4.78 is 33.0. The highest BCUT2D eigenvalue weighted by Gasteiger charge is 2.31. The highest BCUT2D eigenvalue weighted by Crippen LogP contribution is 2.30. The zero-order valence-corrected chi connectivity index (χ0v) is 19.3. The van der Waals surface area contributed by atoms with Crippen molar-refractivity contribution in [3.8, 4) is 5.75 Å². The summed E-state index contributed by atoms with van der Waals surface area (Å²) in [6.45, 7) is 5.66. The fourth-order valence-corrected chi connectivity index (χ4v) is 5.68. The number of aromatic nitrogens is 2. The molecule has 3 heterocycles. The van der Waals surface area contributed by atoms with Gasteiger partial charge in [0, 0.05) is 57.4 Å². The van der Waals surface area contributed by atoms with Crippen molar-refractivity contribution >= 4 is 33.3 Å². The maximum Gasteiger partial charge on any atom is 0.246 e. The number of anilines is 2. The van der Waals surface area contributed by atoms with E-state index in [0.717, 1.165) is 37.8 Å². The molecule has 0 bridgehead atoms. The molecule has 1 aromatic heterocycles. The van der Waals surface area contributed by atoms with Gasteiger partial charge < -0.3 is 19.4 Å². The van der Waals surface area contributed by atoms with Crippen molar-refractivity contribution in [3.63, 3.8) is 0 Å². The molecule has 0 radical (unpaired) electrons. The van der Waals surface area contributed by atoms with Gasteiger partial charge in [-0.25, -0.2) is 8.42 Å². The van der Waals surface area contributed by atoms with E-state index in [9.17, 15) is 8.42 Å². The summed E-state index contributed by atoms with van der Waals surface area (Å²) >= 11 is 6.03. The summed E-state index contributed by atoms with van der Waals surface area (Å²) in [5, 5.41) is 9.15. The second kappa shape index (κ2) is 9.15. The zero-order chi connectivity index (χ0) is 22.0. The number of sulfonamides is 1. The molecule has 0 aliphatic carbocycles. The minimum atomic E-state index is -3.71. The van der Waals surface area contributed by atoms with E-state index >= 15 is 0 Å². The first-order chi connectivity index (χ1) is 14.9. The Labute approximate surface area is 188 Å². The molecule has 9 nitrogen and oxygen atoms in total. The average Bonchev–Trinajstić information content (AvgIpc) is 2.80. The number of likely N-dealkylation sites (N-methyl/N-ethyl adjacent to an activating group) is 1. The molecule has 0 amide bonds. The smallest absolute Gasteiger partial charge is 0.246 e. The number of rotatable bonds is 5. The van der Waals surface area contributed by atoms with Crippen LogP contribution in [0, 0.1) is 0 Å². The van der Waals surface area contributed by atoms with Crippen molar-refractivity contribution in [1.82, 2.24) is 19.4 Å². The van der Waals surface area contributed by atoms with E-state index in [0.29, 0.717) is 31.2 Å². The SMILES string of the molecule is COc1ccc(Cl)cc1S(=O)(=O)N1CCN(c2ccc(N3CCN(C)CC3)nn2)CC1. The Balaban J connectivity index is 1.41. The summed E-state index contributed by atoms with van der Waals surface area (Å²) in [4.78, 5) is 6.68. The predicted octanol–water partition coefficient (Wildman–Crippen LogP) is 1.40. The molecule has 11 heteroatoms. The molecule has 2 saturated heterocycles. The van der Waals surface area contributed by atoms with Crippen molar-refractivity contribution in [2.45, 2.75) is 4.90 Å². The zero-order valence-electron chi connectivity index (χ0n) is 17.7. The minimum absolute atomic E-state index is 0.0901. The van der Waals surface area contributed by atoms with Crippen molar-refractivity contribution < 1.29 is 13.2 Å². The van der Waals surface area contributed by atoms with Crippen LogP contribution < -0.4 is 14.5 Å². The summed E-state index contributed by atoms with van der Waals surface area (Å²) in [5.74, 6) is 1.93. The molecule has 2 aromatic rings. The number of ether oxygens (including phenoxy) is 1. The van der Waals surface area contributed by atoms with E-state index in [1.165, 1.54) is 17.5 Å². The van der Waals surface area contributed by atoms with Gasteiger partial charge in [0.15, 0.2) is 11.6 Å². The Morgan fingerprint density at radius 1 is 0.871 bits per heavy atom. The van der Waals surface area contributed by atoms with Gasteiger partial charge in [-0.1, -0.05) is 11.6 Å². The quantitative estimate of drug-likeness (QED) is 0.654. The van der Waals surface area contributed by atoms with Gasteiger partial charge >= 0.3 is 0 Å². The Morgan fingerprint density at radius 2 is 1.42 bits per heavy atom. The minimum Gasteiger partial charge on any atom is -0.495 e. The highest BCUT2D eigenvalue weighted by atomic mass is 35.5. The molecule has 0 saturated carbocycles. The van der Waals surface area contributed by atoms with E-state index in [1.807, 2.05) is 12.1 Å². The van der Waals surface area contributed by atoms with Gasteiger partial charge in [0.05, 0.1) is 7.11 Å². The first-order valence-corrected chi connectivity index (χ1v) is 12.1. The van der Waals surface area contributed by atoms with E-state index in [4.69, 9.17) is 16.3 Å². The molecule has 2 fully saturated rings. The van der Waals surface area contributed by atoms with Gasteiger partial charge in [-0.2, -0.15) is 4.31 Å². The monoisotopic (exact) mass is 466 g/mol. The van der Waals surface area contributed by atoms with Gasteiger partial charge in [-0.05, 0) is 37.4 Å². The largest absolute Gasteiger partial charge is 0.495 e. The van der Waals surface area contributed by atoms with E-state index in [2.05, 4.69) is 31.9 Å². The third-order valence-corrected chi connectivity index (χ3v) is 7.92. The van der Waals surface area contributed by atoms with Crippen LogP contribution >= 0.6 is 11.6 Å². The van der Waals surface area contributed by atoms with E-state index < -0.39 is 10.0 Å². The molecule has 168 valence electrons. The molecule has 31 heavy (non-hydrogen) atoms. The van der Waals surface area contributed by atoms with Gasteiger partial charge in [-0.15, -0.1) is 10.2 Å². The van der Waals surface area contributed by atoms with Crippen LogP contribution in [-0.2, 0) is 10.0 Å². The number of benzene rings is 1. The number of methoxy groups -OCH3 is 1. The number of hydrogen-bond acceptors (Lipinski definition) is 8. The maximum atomic E-state index is 13.1. The van der Waals surface area contributed by atoms with Crippen LogP contribution in [0.25, 0.3) is 0 Å². The molecule has 0 atom stereocenters. The van der Waals surface area contributed by atoms with E-state index in [1.54, 1.807) is 12.1 Å². The summed E-state index contributed by atoms with van der Waals surface area (Å²) in [5.41, 5.74) is 0. The third-order valence-electron chi connectivity index (χ3n) is 5.77. The van der Waals surface area contributed by atoms with Crippen molar-refractivity contribution in [2.24, 2.45) is 0 Å². The topological polar surface area (TPSA) is 82.1 Å².